The summed E-state index contributed by atoms with van der Waals surface area (Å²) in [6, 6.07) is 3.60. The highest BCUT2D eigenvalue weighted by Crippen LogP contribution is 2.29. The molecule has 3 aromatic heterocycles. The van der Waals surface area contributed by atoms with Gasteiger partial charge in [-0.05, 0) is 30.4 Å². The van der Waals surface area contributed by atoms with E-state index in [2.05, 4.69) is 15.3 Å². The van der Waals surface area contributed by atoms with E-state index in [4.69, 9.17) is 4.74 Å². The number of aryl methyl sites for hydroxylation is 1. The molecule has 3 aromatic rings. The lowest BCUT2D eigenvalue weighted by molar-refractivity contribution is -0.123. The molecule has 4 rings (SSSR count). The molecule has 30 heavy (non-hydrogen) atoms. The van der Waals surface area contributed by atoms with Gasteiger partial charge >= 0.3 is 5.69 Å². The Hall–Kier alpha value is -3.27. The minimum atomic E-state index is -0.480. The first-order valence-corrected chi connectivity index (χ1v) is 9.85. The lowest BCUT2D eigenvalue weighted by Crippen LogP contribution is -2.39. The van der Waals surface area contributed by atoms with Crippen LogP contribution in [0.2, 0.25) is 0 Å². The SMILES string of the molecule is Cn1c(=O)c2c(ncn2CC(=O)NC(c2cccnc2)C2CCOCC2)n(C)c1=O. The van der Waals surface area contributed by atoms with E-state index in [9.17, 15) is 14.4 Å². The number of amides is 1. The van der Waals surface area contributed by atoms with Crippen molar-refractivity contribution in [2.45, 2.75) is 25.4 Å². The van der Waals surface area contributed by atoms with Crippen LogP contribution in [0, 0.1) is 5.92 Å². The van der Waals surface area contributed by atoms with E-state index in [0.29, 0.717) is 13.2 Å². The molecule has 0 saturated carbocycles. The van der Waals surface area contributed by atoms with Crippen LogP contribution in [0.15, 0.2) is 40.4 Å². The summed E-state index contributed by atoms with van der Waals surface area (Å²) in [6.45, 7) is 1.24. The summed E-state index contributed by atoms with van der Waals surface area (Å²) in [4.78, 5) is 46.0. The molecule has 1 aliphatic heterocycles. The van der Waals surface area contributed by atoms with Crippen LogP contribution in [-0.4, -0.2) is 42.8 Å². The molecule has 1 aliphatic rings. The van der Waals surface area contributed by atoms with E-state index < -0.39 is 11.2 Å². The maximum atomic E-state index is 12.9. The first-order chi connectivity index (χ1) is 14.5. The van der Waals surface area contributed by atoms with Gasteiger partial charge in [-0.15, -0.1) is 0 Å². The highest BCUT2D eigenvalue weighted by molar-refractivity contribution is 5.79. The van der Waals surface area contributed by atoms with Gasteiger partial charge in [0, 0.05) is 39.7 Å². The normalized spacial score (nSPS) is 15.9. The van der Waals surface area contributed by atoms with Crippen molar-refractivity contribution in [3.8, 4) is 0 Å². The predicted molar refractivity (Wildman–Crippen MR) is 109 cm³/mol. The van der Waals surface area contributed by atoms with Gasteiger partial charge in [0.2, 0.25) is 5.91 Å². The number of carbonyl (C=O) groups excluding carboxylic acids is 1. The molecule has 1 unspecified atom stereocenters. The number of hydrogen-bond acceptors (Lipinski definition) is 6. The second kappa shape index (κ2) is 8.23. The standard InChI is InChI=1S/C20H24N6O4/c1-24-18-17(19(28)25(2)20(24)29)26(12-22-18)11-15(27)23-16(13-5-8-30-9-6-13)14-4-3-7-21-10-14/h3-4,7,10,12-13,16H,5-6,8-9,11H2,1-2H3,(H,23,27). The molecule has 1 fully saturated rings. The average molecular weight is 412 g/mol. The first-order valence-electron chi connectivity index (χ1n) is 9.85. The number of aromatic nitrogens is 5. The van der Waals surface area contributed by atoms with Gasteiger partial charge in [-0.3, -0.25) is 23.7 Å². The molecule has 0 spiro atoms. The van der Waals surface area contributed by atoms with Crippen molar-refractivity contribution < 1.29 is 9.53 Å². The highest BCUT2D eigenvalue weighted by Gasteiger charge is 2.27. The number of pyridine rings is 1. The van der Waals surface area contributed by atoms with E-state index in [0.717, 1.165) is 23.0 Å². The number of carbonyl (C=O) groups is 1. The molecule has 0 aliphatic carbocycles. The molecule has 0 radical (unpaired) electrons. The molecule has 0 aromatic carbocycles. The van der Waals surface area contributed by atoms with Gasteiger partial charge in [-0.1, -0.05) is 6.07 Å². The van der Waals surface area contributed by atoms with E-state index in [1.54, 1.807) is 19.4 Å². The topological polar surface area (TPSA) is 113 Å². The lowest BCUT2D eigenvalue weighted by atomic mass is 9.87. The van der Waals surface area contributed by atoms with Crippen LogP contribution in [0.4, 0.5) is 0 Å². The summed E-state index contributed by atoms with van der Waals surface area (Å²) in [5.41, 5.74) is 0.472. The molecule has 158 valence electrons. The zero-order valence-electron chi connectivity index (χ0n) is 16.9. The Labute approximate surface area is 172 Å². The number of hydrogen-bond donors (Lipinski definition) is 1. The zero-order valence-corrected chi connectivity index (χ0v) is 16.9. The third-order valence-corrected chi connectivity index (χ3v) is 5.63. The van der Waals surface area contributed by atoms with Gasteiger partial charge in [0.05, 0.1) is 12.4 Å². The van der Waals surface area contributed by atoms with E-state index >= 15 is 0 Å². The summed E-state index contributed by atoms with van der Waals surface area (Å²) in [5, 5.41) is 3.11. The Bertz CT molecular complexity index is 1170. The quantitative estimate of drug-likeness (QED) is 0.637. The highest BCUT2D eigenvalue weighted by atomic mass is 16.5. The monoisotopic (exact) mass is 412 g/mol. The Kier molecular flexibility index (Phi) is 5.49. The Balaban J connectivity index is 1.61. The Morgan fingerprint density at radius 1 is 1.27 bits per heavy atom. The minimum absolute atomic E-state index is 0.0794. The summed E-state index contributed by atoms with van der Waals surface area (Å²) < 4.78 is 9.26. The fourth-order valence-corrected chi connectivity index (χ4v) is 3.97. The van der Waals surface area contributed by atoms with Crippen molar-refractivity contribution in [2.24, 2.45) is 20.0 Å². The van der Waals surface area contributed by atoms with Crippen LogP contribution in [0.3, 0.4) is 0 Å². The molecule has 10 nitrogen and oxygen atoms in total. The summed E-state index contributed by atoms with van der Waals surface area (Å²) in [6.07, 6.45) is 6.56. The van der Waals surface area contributed by atoms with Crippen LogP contribution in [0.25, 0.3) is 11.2 Å². The van der Waals surface area contributed by atoms with Crippen molar-refractivity contribution >= 4 is 17.1 Å². The van der Waals surface area contributed by atoms with E-state index in [1.165, 1.54) is 22.5 Å². The predicted octanol–water partition coefficient (Wildman–Crippen LogP) is 0.113. The smallest absolute Gasteiger partial charge is 0.332 e. The average Bonchev–Trinajstić information content (AvgIpc) is 3.19. The van der Waals surface area contributed by atoms with E-state index in [1.807, 2.05) is 12.1 Å². The number of nitrogens with one attached hydrogen (secondary N) is 1. The Morgan fingerprint density at radius 3 is 2.73 bits per heavy atom. The molecule has 0 bridgehead atoms. The number of nitrogens with zero attached hydrogens (tertiary/aromatic N) is 5. The fraction of sp³-hybridized carbons (Fsp3) is 0.450. The number of rotatable bonds is 5. The van der Waals surface area contributed by atoms with Crippen molar-refractivity contribution in [1.29, 1.82) is 0 Å². The molecule has 4 heterocycles. The second-order valence-corrected chi connectivity index (χ2v) is 7.53. The molecular formula is C20H24N6O4. The van der Waals surface area contributed by atoms with Crippen LogP contribution in [0.1, 0.15) is 24.4 Å². The summed E-state index contributed by atoms with van der Waals surface area (Å²) in [7, 11) is 2.95. The molecule has 1 atom stereocenters. The minimum Gasteiger partial charge on any atom is -0.381 e. The van der Waals surface area contributed by atoms with E-state index in [-0.39, 0.29) is 35.6 Å². The van der Waals surface area contributed by atoms with Crippen molar-refractivity contribution in [3.05, 3.63) is 57.3 Å². The van der Waals surface area contributed by atoms with Gasteiger partial charge in [0.25, 0.3) is 5.56 Å². The number of ether oxygens (including phenoxy) is 1. The largest absolute Gasteiger partial charge is 0.381 e. The van der Waals surface area contributed by atoms with Crippen molar-refractivity contribution in [2.75, 3.05) is 13.2 Å². The summed E-state index contributed by atoms with van der Waals surface area (Å²) >= 11 is 0. The number of imidazole rings is 1. The van der Waals surface area contributed by atoms with Crippen LogP contribution >= 0.6 is 0 Å². The van der Waals surface area contributed by atoms with Crippen molar-refractivity contribution in [1.82, 2.24) is 29.0 Å². The third-order valence-electron chi connectivity index (χ3n) is 5.63. The van der Waals surface area contributed by atoms with Gasteiger partial charge in [-0.25, -0.2) is 9.78 Å². The first kappa shape index (κ1) is 20.0. The van der Waals surface area contributed by atoms with Crippen LogP contribution in [0.5, 0.6) is 0 Å². The summed E-state index contributed by atoms with van der Waals surface area (Å²) in [5.74, 6) is -0.00864. The van der Waals surface area contributed by atoms with Gasteiger partial charge in [0.1, 0.15) is 6.54 Å². The van der Waals surface area contributed by atoms with Gasteiger partial charge in [0.15, 0.2) is 11.2 Å². The van der Waals surface area contributed by atoms with Crippen molar-refractivity contribution in [3.63, 3.8) is 0 Å². The maximum Gasteiger partial charge on any atom is 0.332 e. The molecular weight excluding hydrogens is 388 g/mol. The van der Waals surface area contributed by atoms with Gasteiger partial charge in [-0.2, -0.15) is 0 Å². The molecule has 1 amide bonds. The maximum absolute atomic E-state index is 12.9. The molecule has 1 saturated heterocycles. The van der Waals surface area contributed by atoms with Crippen LogP contribution in [-0.2, 0) is 30.2 Å². The second-order valence-electron chi connectivity index (χ2n) is 7.53. The van der Waals surface area contributed by atoms with Gasteiger partial charge < -0.3 is 14.6 Å². The lowest BCUT2D eigenvalue weighted by Gasteiger charge is -2.31. The molecule has 10 heteroatoms. The zero-order chi connectivity index (χ0) is 21.3. The van der Waals surface area contributed by atoms with Crippen LogP contribution < -0.4 is 16.6 Å². The molecule has 1 N–H and O–H groups in total. The fourth-order valence-electron chi connectivity index (χ4n) is 3.97. The third kappa shape index (κ3) is 3.65. The Morgan fingerprint density at radius 2 is 2.03 bits per heavy atom. The number of fused-ring (bicyclic) bond motifs is 1.